The van der Waals surface area contributed by atoms with Crippen LogP contribution in [0.4, 0.5) is 0 Å². The number of hydrogen-bond acceptors (Lipinski definition) is 2. The Morgan fingerprint density at radius 3 is 2.81 bits per heavy atom. The molecule has 2 heteroatoms. The molecule has 16 heavy (non-hydrogen) atoms. The molecule has 2 fully saturated rings. The van der Waals surface area contributed by atoms with E-state index in [9.17, 15) is 0 Å². The highest BCUT2D eigenvalue weighted by Crippen LogP contribution is 2.32. The van der Waals surface area contributed by atoms with Crippen molar-refractivity contribution in [1.29, 1.82) is 0 Å². The third-order valence-electron chi connectivity index (χ3n) is 4.40. The van der Waals surface area contributed by atoms with Gasteiger partial charge in [-0.2, -0.15) is 0 Å². The molecular weight excluding hydrogens is 196 g/mol. The minimum absolute atomic E-state index is 0.706. The van der Waals surface area contributed by atoms with Crippen molar-refractivity contribution in [2.45, 2.75) is 76.9 Å². The Morgan fingerprint density at radius 2 is 2.12 bits per heavy atom. The van der Waals surface area contributed by atoms with Crippen LogP contribution in [0.15, 0.2) is 0 Å². The first-order chi connectivity index (χ1) is 7.81. The van der Waals surface area contributed by atoms with E-state index in [2.05, 4.69) is 24.5 Å². The molecule has 1 aliphatic heterocycles. The van der Waals surface area contributed by atoms with E-state index in [1.54, 1.807) is 0 Å². The zero-order valence-corrected chi connectivity index (χ0v) is 11.0. The Bertz CT molecular complexity index is 199. The molecule has 4 atom stereocenters. The third kappa shape index (κ3) is 2.98. The molecule has 0 bridgehead atoms. The maximum absolute atomic E-state index is 3.87. The largest absolute Gasteiger partial charge is 0.314 e. The van der Waals surface area contributed by atoms with Crippen molar-refractivity contribution >= 4 is 0 Å². The number of rotatable bonds is 5. The summed E-state index contributed by atoms with van der Waals surface area (Å²) < 4.78 is 0. The molecule has 4 unspecified atom stereocenters. The van der Waals surface area contributed by atoms with Crippen LogP contribution in [-0.4, -0.2) is 24.7 Å². The van der Waals surface area contributed by atoms with E-state index < -0.39 is 0 Å². The molecule has 0 spiro atoms. The van der Waals surface area contributed by atoms with E-state index in [-0.39, 0.29) is 0 Å². The monoisotopic (exact) mass is 224 g/mol. The number of hydrogen-bond donors (Lipinski definition) is 2. The average Bonchev–Trinajstić information content (AvgIpc) is 2.86. The fourth-order valence-electron chi connectivity index (χ4n) is 3.64. The molecule has 0 radical (unpaired) electrons. The summed E-state index contributed by atoms with van der Waals surface area (Å²) in [5, 5.41) is 7.56. The summed E-state index contributed by atoms with van der Waals surface area (Å²) in [7, 11) is 0. The summed E-state index contributed by atoms with van der Waals surface area (Å²) in [4.78, 5) is 0. The van der Waals surface area contributed by atoms with E-state index >= 15 is 0 Å². The summed E-state index contributed by atoms with van der Waals surface area (Å²) in [6.45, 7) is 5.88. The van der Waals surface area contributed by atoms with Crippen molar-refractivity contribution in [3.05, 3.63) is 0 Å². The summed E-state index contributed by atoms with van der Waals surface area (Å²) in [5.41, 5.74) is 0. The van der Waals surface area contributed by atoms with Gasteiger partial charge in [-0.25, -0.2) is 0 Å². The maximum Gasteiger partial charge on any atom is 0.0113 e. The second kappa shape index (κ2) is 6.02. The molecule has 2 nitrogen and oxygen atoms in total. The second-order valence-electron chi connectivity index (χ2n) is 5.76. The molecule has 2 rings (SSSR count). The minimum atomic E-state index is 0.706. The lowest BCUT2D eigenvalue weighted by molar-refractivity contribution is 0.297. The van der Waals surface area contributed by atoms with E-state index in [0.717, 1.165) is 18.0 Å². The van der Waals surface area contributed by atoms with Crippen molar-refractivity contribution in [1.82, 2.24) is 10.6 Å². The van der Waals surface area contributed by atoms with Crippen LogP contribution in [0.3, 0.4) is 0 Å². The first kappa shape index (κ1) is 12.4. The summed E-state index contributed by atoms with van der Waals surface area (Å²) in [6, 6.07) is 2.31. The van der Waals surface area contributed by atoms with Gasteiger partial charge in [-0.1, -0.05) is 19.8 Å². The van der Waals surface area contributed by atoms with Crippen LogP contribution < -0.4 is 10.6 Å². The highest BCUT2D eigenvalue weighted by Gasteiger charge is 2.35. The predicted molar refractivity (Wildman–Crippen MR) is 69.7 cm³/mol. The second-order valence-corrected chi connectivity index (χ2v) is 5.76. The fourth-order valence-corrected chi connectivity index (χ4v) is 3.64. The first-order valence-corrected chi connectivity index (χ1v) is 7.30. The smallest absolute Gasteiger partial charge is 0.0113 e. The van der Waals surface area contributed by atoms with Crippen LogP contribution in [0.25, 0.3) is 0 Å². The van der Waals surface area contributed by atoms with Gasteiger partial charge in [0.15, 0.2) is 0 Å². The standard InChI is InChI=1S/C14H28N2/c1-3-6-11(2)16-14-8-4-7-12(14)13-9-5-10-15-13/h11-16H,3-10H2,1-2H3. The quantitative estimate of drug-likeness (QED) is 0.750. The summed E-state index contributed by atoms with van der Waals surface area (Å²) >= 11 is 0. The van der Waals surface area contributed by atoms with Gasteiger partial charge in [-0.15, -0.1) is 0 Å². The fraction of sp³-hybridized carbons (Fsp3) is 1.00. The van der Waals surface area contributed by atoms with Crippen molar-refractivity contribution in [2.24, 2.45) is 5.92 Å². The zero-order chi connectivity index (χ0) is 11.4. The molecule has 0 aromatic heterocycles. The SMILES string of the molecule is CCCC(C)NC1CCCC1C1CCCN1. The van der Waals surface area contributed by atoms with Gasteiger partial charge in [0.05, 0.1) is 0 Å². The Morgan fingerprint density at radius 1 is 1.25 bits per heavy atom. The molecule has 1 heterocycles. The topological polar surface area (TPSA) is 24.1 Å². The lowest BCUT2D eigenvalue weighted by Crippen LogP contribution is -2.45. The third-order valence-corrected chi connectivity index (χ3v) is 4.40. The van der Waals surface area contributed by atoms with E-state index in [0.29, 0.717) is 6.04 Å². The average molecular weight is 224 g/mol. The van der Waals surface area contributed by atoms with Crippen molar-refractivity contribution in [2.75, 3.05) is 6.54 Å². The van der Waals surface area contributed by atoms with Gasteiger partial charge in [-0.3, -0.25) is 0 Å². The van der Waals surface area contributed by atoms with E-state index in [1.165, 1.54) is 51.5 Å². The highest BCUT2D eigenvalue weighted by molar-refractivity contribution is 4.93. The van der Waals surface area contributed by atoms with Crippen LogP contribution in [0.2, 0.25) is 0 Å². The van der Waals surface area contributed by atoms with Gasteiger partial charge < -0.3 is 10.6 Å². The molecule has 1 aliphatic carbocycles. The Balaban J connectivity index is 1.82. The van der Waals surface area contributed by atoms with Gasteiger partial charge in [-0.05, 0) is 51.5 Å². The lowest BCUT2D eigenvalue weighted by atomic mass is 9.92. The maximum atomic E-state index is 3.87. The van der Waals surface area contributed by atoms with Crippen LogP contribution in [0.5, 0.6) is 0 Å². The van der Waals surface area contributed by atoms with Gasteiger partial charge in [0.1, 0.15) is 0 Å². The summed E-state index contributed by atoms with van der Waals surface area (Å²) in [6.07, 6.45) is 9.68. The van der Waals surface area contributed by atoms with Gasteiger partial charge in [0.25, 0.3) is 0 Å². The predicted octanol–water partition coefficient (Wildman–Crippen LogP) is 2.69. The van der Waals surface area contributed by atoms with Gasteiger partial charge >= 0.3 is 0 Å². The van der Waals surface area contributed by atoms with Gasteiger partial charge in [0.2, 0.25) is 0 Å². The molecular formula is C14H28N2. The Hall–Kier alpha value is -0.0800. The summed E-state index contributed by atoms with van der Waals surface area (Å²) in [5.74, 6) is 0.904. The molecule has 94 valence electrons. The van der Waals surface area contributed by atoms with E-state index in [1.807, 2.05) is 0 Å². The minimum Gasteiger partial charge on any atom is -0.314 e. The highest BCUT2D eigenvalue weighted by atomic mass is 15.0. The van der Waals surface area contributed by atoms with Crippen LogP contribution >= 0.6 is 0 Å². The zero-order valence-electron chi connectivity index (χ0n) is 11.0. The lowest BCUT2D eigenvalue weighted by Gasteiger charge is -2.29. The molecule has 2 aliphatic rings. The molecule has 0 aromatic rings. The number of nitrogens with one attached hydrogen (secondary N) is 2. The van der Waals surface area contributed by atoms with Crippen LogP contribution in [0, 0.1) is 5.92 Å². The molecule has 0 amide bonds. The van der Waals surface area contributed by atoms with E-state index in [4.69, 9.17) is 0 Å². The Kier molecular flexibility index (Phi) is 4.66. The molecule has 1 saturated carbocycles. The van der Waals surface area contributed by atoms with Gasteiger partial charge in [0, 0.05) is 18.1 Å². The van der Waals surface area contributed by atoms with Crippen molar-refractivity contribution < 1.29 is 0 Å². The van der Waals surface area contributed by atoms with Crippen molar-refractivity contribution in [3.8, 4) is 0 Å². The first-order valence-electron chi connectivity index (χ1n) is 7.30. The normalized spacial score (nSPS) is 36.8. The molecule has 2 N–H and O–H groups in total. The van der Waals surface area contributed by atoms with Crippen LogP contribution in [-0.2, 0) is 0 Å². The molecule has 0 aromatic carbocycles. The molecule has 1 saturated heterocycles. The van der Waals surface area contributed by atoms with Crippen molar-refractivity contribution in [3.63, 3.8) is 0 Å². The Labute approximate surface area is 101 Å². The van der Waals surface area contributed by atoms with Crippen LogP contribution in [0.1, 0.15) is 58.8 Å².